The van der Waals surface area contributed by atoms with E-state index >= 15 is 0 Å². The zero-order chi connectivity index (χ0) is 42.3. The van der Waals surface area contributed by atoms with Crippen molar-refractivity contribution in [3.63, 3.8) is 0 Å². The van der Waals surface area contributed by atoms with Gasteiger partial charge in [-0.1, -0.05) is 182 Å². The predicted molar refractivity (Wildman–Crippen MR) is 244 cm³/mol. The minimum atomic E-state index is -0.309. The highest BCUT2D eigenvalue weighted by Crippen LogP contribution is 2.51. The molecule has 0 bridgehead atoms. The summed E-state index contributed by atoms with van der Waals surface area (Å²) in [5.41, 5.74) is 13.5. The summed E-state index contributed by atoms with van der Waals surface area (Å²) in [6, 6.07) is 69.3. The maximum Gasteiger partial charge on any atom is 0.0991 e. The number of benzene rings is 10. The lowest BCUT2D eigenvalue weighted by Gasteiger charge is -2.24. The molecule has 0 aliphatic carbocycles. The summed E-state index contributed by atoms with van der Waals surface area (Å²) in [6.45, 7) is 0. The van der Waals surface area contributed by atoms with Crippen molar-refractivity contribution in [2.75, 3.05) is 0 Å². The van der Waals surface area contributed by atoms with Crippen LogP contribution in [0.15, 0.2) is 224 Å². The molecule has 1 nitrogen and oxygen atoms in total. The minimum absolute atomic E-state index is 0.121. The highest BCUT2D eigenvalue weighted by Gasteiger charge is 2.24. The summed E-state index contributed by atoms with van der Waals surface area (Å²) in [7, 11) is 0. The van der Waals surface area contributed by atoms with Crippen LogP contribution in [0, 0.1) is 11.3 Å². The van der Waals surface area contributed by atoms with Gasteiger partial charge >= 0.3 is 0 Å². The normalized spacial score (nSPS) is 12.1. The molecule has 0 aliphatic rings. The van der Waals surface area contributed by atoms with Gasteiger partial charge in [-0.15, -0.1) is 0 Å². The fraction of sp³-hybridized carbons (Fsp3) is 0. The third kappa shape index (κ3) is 6.34. The van der Waals surface area contributed by atoms with Crippen molar-refractivity contribution in [1.82, 2.24) is 0 Å². The molecule has 58 heavy (non-hydrogen) atoms. The van der Waals surface area contributed by atoms with Crippen molar-refractivity contribution in [1.29, 1.82) is 5.26 Å². The fourth-order valence-electron chi connectivity index (χ4n) is 8.32. The SMILES string of the molecule is [2H]c1c([2H])c([2H])c2c(-c3c(-c4ccccc4)cc(-c4cc(-c5ccccc5)cc(-c5ccccc5)c4)cc3-c3ccccc3)c3ccc(C#N)cc3c(-c3ccccc3)c2c1[2H]. The van der Waals surface area contributed by atoms with Crippen molar-refractivity contribution < 1.29 is 5.48 Å². The third-order valence-corrected chi connectivity index (χ3v) is 11.0. The summed E-state index contributed by atoms with van der Waals surface area (Å²) in [5, 5.41) is 12.6. The van der Waals surface area contributed by atoms with E-state index in [0.29, 0.717) is 27.5 Å². The van der Waals surface area contributed by atoms with E-state index in [4.69, 9.17) is 2.74 Å². The van der Waals surface area contributed by atoms with Gasteiger partial charge in [0.1, 0.15) is 0 Å². The molecule has 0 saturated carbocycles. The maximum atomic E-state index is 10.3. The highest BCUT2D eigenvalue weighted by atomic mass is 14.3. The van der Waals surface area contributed by atoms with Crippen molar-refractivity contribution in [3.8, 4) is 84.0 Å². The van der Waals surface area contributed by atoms with E-state index in [0.717, 1.165) is 77.5 Å². The van der Waals surface area contributed by atoms with Gasteiger partial charge in [-0.05, 0) is 142 Å². The summed E-state index contributed by atoms with van der Waals surface area (Å²) in [5.74, 6) is 0. The van der Waals surface area contributed by atoms with E-state index in [1.165, 1.54) is 0 Å². The zero-order valence-electron chi connectivity index (χ0n) is 35.5. The second kappa shape index (κ2) is 15.0. The van der Waals surface area contributed by atoms with Crippen molar-refractivity contribution in [2.45, 2.75) is 0 Å². The third-order valence-electron chi connectivity index (χ3n) is 11.0. The standard InChI is InChI=1S/C57H37N/c58-38-39-30-31-51-54(32-39)55(44-26-14-5-15-27-44)49-28-16-17-29-50(49)56(51)57-52(42-22-10-3-11-23-42)36-48(37-53(57)43-24-12-4-13-25-43)47-34-45(40-18-6-1-7-19-40)33-46(35-47)41-20-8-2-9-21-41/h1-37H/i16D,17D,28D,29D. The molecule has 0 saturated heterocycles. The highest BCUT2D eigenvalue weighted by molar-refractivity contribution is 6.24. The zero-order valence-corrected chi connectivity index (χ0v) is 31.5. The van der Waals surface area contributed by atoms with E-state index in [1.807, 2.05) is 91.0 Å². The summed E-state index contributed by atoms with van der Waals surface area (Å²) in [4.78, 5) is 0. The molecule has 10 aromatic rings. The van der Waals surface area contributed by atoms with Crippen LogP contribution in [-0.4, -0.2) is 0 Å². The molecule has 0 radical (unpaired) electrons. The molecule has 0 N–H and O–H groups in total. The average Bonchev–Trinajstić information content (AvgIpc) is 3.35. The predicted octanol–water partition coefficient (Wildman–Crippen LogP) is 15.5. The molecule has 10 rings (SSSR count). The molecule has 0 amide bonds. The Labute approximate surface area is 345 Å². The molecular formula is C57H37N. The summed E-state index contributed by atoms with van der Waals surface area (Å²) < 4.78 is 37.4. The molecule has 0 unspecified atom stereocenters. The topological polar surface area (TPSA) is 23.8 Å². The number of fused-ring (bicyclic) bond motifs is 2. The number of nitrogens with zero attached hydrogens (tertiary/aromatic N) is 1. The molecule has 0 aromatic heterocycles. The Morgan fingerprint density at radius 3 is 1.17 bits per heavy atom. The molecular weight excluding hydrogens is 699 g/mol. The Hall–Kier alpha value is -7.79. The van der Waals surface area contributed by atoms with E-state index in [9.17, 15) is 8.00 Å². The van der Waals surface area contributed by atoms with Crippen LogP contribution in [0.5, 0.6) is 0 Å². The van der Waals surface area contributed by atoms with E-state index in [1.54, 1.807) is 6.07 Å². The fourth-order valence-corrected chi connectivity index (χ4v) is 8.32. The average molecular weight is 740 g/mol. The van der Waals surface area contributed by atoms with Crippen LogP contribution in [-0.2, 0) is 0 Å². The Balaban J connectivity index is 1.41. The number of nitriles is 1. The van der Waals surface area contributed by atoms with E-state index in [-0.39, 0.29) is 24.2 Å². The van der Waals surface area contributed by atoms with Crippen LogP contribution < -0.4 is 0 Å². The second-order valence-corrected chi connectivity index (χ2v) is 14.4. The molecule has 10 aromatic carbocycles. The smallest absolute Gasteiger partial charge is 0.0991 e. The molecule has 0 spiro atoms. The van der Waals surface area contributed by atoms with Crippen molar-refractivity contribution >= 4 is 21.5 Å². The molecule has 0 atom stereocenters. The van der Waals surface area contributed by atoms with Crippen LogP contribution in [0.1, 0.15) is 11.0 Å². The van der Waals surface area contributed by atoms with Gasteiger partial charge in [0.2, 0.25) is 0 Å². The van der Waals surface area contributed by atoms with Gasteiger partial charge in [-0.2, -0.15) is 5.26 Å². The molecule has 270 valence electrons. The monoisotopic (exact) mass is 739 g/mol. The van der Waals surface area contributed by atoms with Crippen LogP contribution in [0.3, 0.4) is 0 Å². The van der Waals surface area contributed by atoms with Gasteiger partial charge in [-0.3, -0.25) is 0 Å². The first-order valence-corrected chi connectivity index (χ1v) is 19.4. The molecule has 1 heteroatoms. The first kappa shape index (κ1) is 30.4. The summed E-state index contributed by atoms with van der Waals surface area (Å²) >= 11 is 0. The molecule has 0 heterocycles. The lowest BCUT2D eigenvalue weighted by Crippen LogP contribution is -1.97. The second-order valence-electron chi connectivity index (χ2n) is 14.4. The van der Waals surface area contributed by atoms with Gasteiger partial charge in [-0.25, -0.2) is 0 Å². The van der Waals surface area contributed by atoms with Crippen LogP contribution in [0.2, 0.25) is 0 Å². The Morgan fingerprint density at radius 2 is 0.707 bits per heavy atom. The summed E-state index contributed by atoms with van der Waals surface area (Å²) in [6.07, 6.45) is 0. The molecule has 0 aliphatic heterocycles. The molecule has 0 fully saturated rings. The van der Waals surface area contributed by atoms with E-state index < -0.39 is 0 Å². The van der Waals surface area contributed by atoms with Gasteiger partial charge in [0, 0.05) is 0 Å². The lowest BCUT2D eigenvalue weighted by molar-refractivity contribution is 1.50. The Kier molecular flexibility index (Phi) is 7.89. The van der Waals surface area contributed by atoms with Crippen LogP contribution in [0.4, 0.5) is 0 Å². The van der Waals surface area contributed by atoms with Crippen molar-refractivity contribution in [2.24, 2.45) is 0 Å². The Morgan fingerprint density at radius 1 is 0.310 bits per heavy atom. The number of rotatable bonds is 7. The first-order chi connectivity index (χ1) is 30.4. The number of hydrogen-bond donors (Lipinski definition) is 0. The lowest BCUT2D eigenvalue weighted by atomic mass is 9.79. The van der Waals surface area contributed by atoms with Gasteiger partial charge < -0.3 is 0 Å². The Bertz CT molecular complexity index is 3240. The largest absolute Gasteiger partial charge is 0.192 e. The van der Waals surface area contributed by atoms with Crippen LogP contribution in [0.25, 0.3) is 99.4 Å². The minimum Gasteiger partial charge on any atom is -0.192 e. The van der Waals surface area contributed by atoms with Crippen molar-refractivity contribution in [3.05, 3.63) is 230 Å². The maximum absolute atomic E-state index is 10.3. The number of hydrogen-bond acceptors (Lipinski definition) is 1. The quantitative estimate of drug-likeness (QED) is 0.149. The van der Waals surface area contributed by atoms with E-state index in [2.05, 4.69) is 109 Å². The first-order valence-electron chi connectivity index (χ1n) is 21.4. The van der Waals surface area contributed by atoms with Gasteiger partial charge in [0.25, 0.3) is 0 Å². The van der Waals surface area contributed by atoms with Gasteiger partial charge in [0.15, 0.2) is 0 Å². The van der Waals surface area contributed by atoms with Crippen LogP contribution >= 0.6 is 0 Å². The van der Waals surface area contributed by atoms with Gasteiger partial charge in [0.05, 0.1) is 17.1 Å².